The molecule has 24 heavy (non-hydrogen) atoms. The van der Waals surface area contributed by atoms with E-state index in [2.05, 4.69) is 4.90 Å². The molecule has 0 unspecified atom stereocenters. The van der Waals surface area contributed by atoms with Gasteiger partial charge in [0.15, 0.2) is 0 Å². The Hall–Kier alpha value is -2.83. The molecular formula is C17H18FN3O3. The molecule has 0 aliphatic carbocycles. The molecule has 0 saturated carbocycles. The second-order valence-electron chi connectivity index (χ2n) is 5.54. The lowest BCUT2D eigenvalue weighted by Crippen LogP contribution is -2.46. The van der Waals surface area contributed by atoms with Crippen LogP contribution in [0.1, 0.15) is 0 Å². The molecular weight excluding hydrogens is 313 g/mol. The number of rotatable bonds is 4. The van der Waals surface area contributed by atoms with Gasteiger partial charge in [0.1, 0.15) is 17.3 Å². The van der Waals surface area contributed by atoms with E-state index < -0.39 is 10.7 Å². The highest BCUT2D eigenvalue weighted by atomic mass is 19.1. The summed E-state index contributed by atoms with van der Waals surface area (Å²) in [7, 11) is 1.64. The Morgan fingerprint density at radius 2 is 1.67 bits per heavy atom. The number of piperazine rings is 1. The third kappa shape index (κ3) is 3.10. The molecule has 1 heterocycles. The number of nitro benzene ring substituents is 1. The monoisotopic (exact) mass is 331 g/mol. The number of nitro groups is 1. The van der Waals surface area contributed by atoms with Crippen molar-refractivity contribution in [3.63, 3.8) is 0 Å². The molecule has 0 radical (unpaired) electrons. The highest BCUT2D eigenvalue weighted by Gasteiger charge is 2.25. The van der Waals surface area contributed by atoms with Crippen LogP contribution < -0.4 is 14.5 Å². The fraction of sp³-hybridized carbons (Fsp3) is 0.294. The second kappa shape index (κ2) is 6.74. The summed E-state index contributed by atoms with van der Waals surface area (Å²) in [5.41, 5.74) is 1.27. The van der Waals surface area contributed by atoms with E-state index in [-0.39, 0.29) is 5.69 Å². The van der Waals surface area contributed by atoms with Crippen LogP contribution in [0.3, 0.4) is 0 Å². The van der Waals surface area contributed by atoms with Gasteiger partial charge in [0.2, 0.25) is 0 Å². The molecule has 0 aromatic heterocycles. The van der Waals surface area contributed by atoms with Crippen LogP contribution in [0, 0.1) is 15.9 Å². The van der Waals surface area contributed by atoms with Crippen LogP contribution in [0.5, 0.6) is 5.75 Å². The zero-order chi connectivity index (χ0) is 17.1. The van der Waals surface area contributed by atoms with Gasteiger partial charge in [0.25, 0.3) is 5.69 Å². The molecule has 0 spiro atoms. The molecule has 3 rings (SSSR count). The summed E-state index contributed by atoms with van der Waals surface area (Å²) in [4.78, 5) is 14.7. The van der Waals surface area contributed by atoms with Gasteiger partial charge in [-0.1, -0.05) is 12.1 Å². The van der Waals surface area contributed by atoms with Gasteiger partial charge in [0.05, 0.1) is 23.8 Å². The largest absolute Gasteiger partial charge is 0.495 e. The van der Waals surface area contributed by atoms with Crippen molar-refractivity contribution in [3.8, 4) is 5.75 Å². The van der Waals surface area contributed by atoms with Crippen LogP contribution >= 0.6 is 0 Å². The summed E-state index contributed by atoms with van der Waals surface area (Å²) in [5.74, 6) is 0.205. The molecule has 1 fully saturated rings. The van der Waals surface area contributed by atoms with Crippen molar-refractivity contribution in [1.82, 2.24) is 0 Å². The van der Waals surface area contributed by atoms with Gasteiger partial charge in [-0.15, -0.1) is 0 Å². The SMILES string of the molecule is COc1ccccc1N1CCN(c2ccc(F)cc2[N+](=O)[O-])CC1. The van der Waals surface area contributed by atoms with Crippen LogP contribution in [0.2, 0.25) is 0 Å². The summed E-state index contributed by atoms with van der Waals surface area (Å²) < 4.78 is 18.7. The minimum atomic E-state index is -0.599. The molecule has 1 aliphatic rings. The third-order valence-corrected chi connectivity index (χ3v) is 4.18. The number of hydrogen-bond donors (Lipinski definition) is 0. The van der Waals surface area contributed by atoms with Gasteiger partial charge in [-0.05, 0) is 24.3 Å². The number of hydrogen-bond acceptors (Lipinski definition) is 5. The van der Waals surface area contributed by atoms with Gasteiger partial charge in [-0.2, -0.15) is 0 Å². The Morgan fingerprint density at radius 1 is 1.04 bits per heavy atom. The Labute approximate surface area is 139 Å². The molecule has 7 heteroatoms. The second-order valence-corrected chi connectivity index (χ2v) is 5.54. The molecule has 126 valence electrons. The van der Waals surface area contributed by atoms with E-state index in [1.807, 2.05) is 29.2 Å². The van der Waals surface area contributed by atoms with Crippen LogP contribution in [0.25, 0.3) is 0 Å². The first kappa shape index (κ1) is 16.0. The van der Waals surface area contributed by atoms with Crippen molar-refractivity contribution in [3.05, 3.63) is 58.4 Å². The van der Waals surface area contributed by atoms with Crippen molar-refractivity contribution < 1.29 is 14.1 Å². The normalized spacial score (nSPS) is 14.6. The molecule has 0 bridgehead atoms. The molecule has 2 aromatic carbocycles. The van der Waals surface area contributed by atoms with Crippen LogP contribution in [0.15, 0.2) is 42.5 Å². The molecule has 1 aliphatic heterocycles. The Kier molecular flexibility index (Phi) is 4.50. The summed E-state index contributed by atoms with van der Waals surface area (Å²) in [6, 6.07) is 11.5. The molecule has 2 aromatic rings. The summed E-state index contributed by atoms with van der Waals surface area (Å²) in [6.45, 7) is 2.64. The number of methoxy groups -OCH3 is 1. The average molecular weight is 331 g/mol. The lowest BCUT2D eigenvalue weighted by molar-refractivity contribution is -0.384. The molecule has 0 N–H and O–H groups in total. The third-order valence-electron chi connectivity index (χ3n) is 4.18. The van der Waals surface area contributed by atoms with Gasteiger partial charge in [0, 0.05) is 26.2 Å². The number of para-hydroxylation sites is 2. The summed E-state index contributed by atoms with van der Waals surface area (Å²) >= 11 is 0. The standard InChI is InChI=1S/C17H18FN3O3/c1-24-17-5-3-2-4-15(17)20-10-8-19(9-11-20)14-7-6-13(18)12-16(14)21(22)23/h2-7,12H,8-11H2,1H3. The summed E-state index contributed by atoms with van der Waals surface area (Å²) in [6.07, 6.45) is 0. The first-order valence-electron chi connectivity index (χ1n) is 7.67. The maximum atomic E-state index is 13.3. The van der Waals surface area contributed by atoms with Gasteiger partial charge in [-0.3, -0.25) is 10.1 Å². The predicted octanol–water partition coefficient (Wildman–Crippen LogP) is 3.07. The van der Waals surface area contributed by atoms with E-state index in [0.29, 0.717) is 31.9 Å². The maximum absolute atomic E-state index is 13.3. The Morgan fingerprint density at radius 3 is 2.29 bits per heavy atom. The minimum Gasteiger partial charge on any atom is -0.495 e. The van der Waals surface area contributed by atoms with E-state index in [9.17, 15) is 14.5 Å². The van der Waals surface area contributed by atoms with Crippen molar-refractivity contribution in [2.24, 2.45) is 0 Å². The zero-order valence-electron chi connectivity index (χ0n) is 13.3. The van der Waals surface area contributed by atoms with Crippen molar-refractivity contribution in [2.75, 3.05) is 43.1 Å². The van der Waals surface area contributed by atoms with Gasteiger partial charge in [-0.25, -0.2) is 4.39 Å². The van der Waals surface area contributed by atoms with Crippen molar-refractivity contribution in [2.45, 2.75) is 0 Å². The van der Waals surface area contributed by atoms with Gasteiger partial charge >= 0.3 is 0 Å². The van der Waals surface area contributed by atoms with Crippen LogP contribution in [0.4, 0.5) is 21.5 Å². The fourth-order valence-corrected chi connectivity index (χ4v) is 2.99. The van der Waals surface area contributed by atoms with E-state index in [1.165, 1.54) is 12.1 Å². The number of benzene rings is 2. The lowest BCUT2D eigenvalue weighted by Gasteiger charge is -2.37. The van der Waals surface area contributed by atoms with E-state index in [0.717, 1.165) is 17.5 Å². The number of ether oxygens (including phenoxy) is 1. The van der Waals surface area contributed by atoms with Gasteiger partial charge < -0.3 is 14.5 Å². The van der Waals surface area contributed by atoms with E-state index in [1.54, 1.807) is 7.11 Å². The lowest BCUT2D eigenvalue weighted by atomic mass is 10.2. The first-order chi connectivity index (χ1) is 11.6. The Bertz CT molecular complexity index is 746. The summed E-state index contributed by atoms with van der Waals surface area (Å²) in [5, 5.41) is 11.2. The number of anilines is 2. The zero-order valence-corrected chi connectivity index (χ0v) is 13.3. The van der Waals surface area contributed by atoms with Crippen molar-refractivity contribution >= 4 is 17.1 Å². The number of nitrogens with zero attached hydrogens (tertiary/aromatic N) is 3. The smallest absolute Gasteiger partial charge is 0.295 e. The molecule has 6 nitrogen and oxygen atoms in total. The number of halogens is 1. The highest BCUT2D eigenvalue weighted by molar-refractivity contribution is 5.65. The van der Waals surface area contributed by atoms with E-state index >= 15 is 0 Å². The quantitative estimate of drug-likeness (QED) is 0.636. The Balaban J connectivity index is 1.77. The first-order valence-corrected chi connectivity index (χ1v) is 7.67. The average Bonchev–Trinajstić information content (AvgIpc) is 2.62. The maximum Gasteiger partial charge on any atom is 0.295 e. The highest BCUT2D eigenvalue weighted by Crippen LogP contribution is 2.32. The predicted molar refractivity (Wildman–Crippen MR) is 90.5 cm³/mol. The fourth-order valence-electron chi connectivity index (χ4n) is 2.99. The topological polar surface area (TPSA) is 58.8 Å². The van der Waals surface area contributed by atoms with Crippen molar-refractivity contribution in [1.29, 1.82) is 0 Å². The molecule has 0 amide bonds. The molecule has 0 atom stereocenters. The van der Waals surface area contributed by atoms with E-state index in [4.69, 9.17) is 4.74 Å². The minimum absolute atomic E-state index is 0.194. The van der Waals surface area contributed by atoms with Crippen LogP contribution in [-0.2, 0) is 0 Å². The van der Waals surface area contributed by atoms with Crippen LogP contribution in [-0.4, -0.2) is 38.2 Å². The molecule has 1 saturated heterocycles.